The minimum atomic E-state index is 1.24. The normalized spacial score (nSPS) is 14.2. The van der Waals surface area contributed by atoms with Crippen molar-refractivity contribution in [2.45, 2.75) is 25.7 Å². The maximum atomic E-state index is 2.44. The summed E-state index contributed by atoms with van der Waals surface area (Å²) in [4.78, 5) is 0. The molecule has 0 radical (unpaired) electrons. The first-order chi connectivity index (χ1) is 9.93. The Labute approximate surface area is 120 Å². The summed E-state index contributed by atoms with van der Waals surface area (Å²) >= 11 is 0. The molecule has 0 nitrogen and oxygen atoms in total. The van der Waals surface area contributed by atoms with Gasteiger partial charge in [0.25, 0.3) is 0 Å². The zero-order chi connectivity index (χ0) is 13.4. The molecule has 0 atom stereocenters. The zero-order valence-corrected chi connectivity index (χ0v) is 11.6. The maximum Gasteiger partial charge on any atom is -0.0102 e. The van der Waals surface area contributed by atoms with Gasteiger partial charge in [0, 0.05) is 0 Å². The van der Waals surface area contributed by atoms with E-state index in [2.05, 4.69) is 60.7 Å². The van der Waals surface area contributed by atoms with Crippen LogP contribution in [-0.2, 0) is 12.8 Å². The van der Waals surface area contributed by atoms with Gasteiger partial charge in [-0.25, -0.2) is 0 Å². The molecule has 0 spiro atoms. The van der Waals surface area contributed by atoms with Gasteiger partial charge in [0.1, 0.15) is 0 Å². The van der Waals surface area contributed by atoms with Gasteiger partial charge in [-0.2, -0.15) is 0 Å². The average Bonchev–Trinajstić information content (AvgIpc) is 2.55. The summed E-state index contributed by atoms with van der Waals surface area (Å²) in [7, 11) is 0. The molecule has 0 saturated heterocycles. The molecule has 0 heterocycles. The zero-order valence-electron chi connectivity index (χ0n) is 11.6. The second-order valence-corrected chi connectivity index (χ2v) is 5.68. The minimum Gasteiger partial charge on any atom is -0.0622 e. The first kappa shape index (κ1) is 11.7. The monoisotopic (exact) mass is 258 g/mol. The van der Waals surface area contributed by atoms with Crippen molar-refractivity contribution in [2.24, 2.45) is 0 Å². The van der Waals surface area contributed by atoms with E-state index in [1.165, 1.54) is 47.6 Å². The van der Waals surface area contributed by atoms with Gasteiger partial charge < -0.3 is 0 Å². The molecular formula is C20H18. The molecule has 1 aliphatic carbocycles. The van der Waals surface area contributed by atoms with E-state index in [0.717, 1.165) is 0 Å². The van der Waals surface area contributed by atoms with Crippen molar-refractivity contribution in [3.8, 4) is 11.1 Å². The van der Waals surface area contributed by atoms with Crippen molar-refractivity contribution in [2.75, 3.05) is 0 Å². The van der Waals surface area contributed by atoms with E-state index >= 15 is 0 Å². The fourth-order valence-corrected chi connectivity index (χ4v) is 3.49. The quantitative estimate of drug-likeness (QED) is 0.549. The number of fused-ring (bicyclic) bond motifs is 3. The molecule has 0 fully saturated rings. The van der Waals surface area contributed by atoms with Gasteiger partial charge in [0.15, 0.2) is 0 Å². The highest BCUT2D eigenvalue weighted by Gasteiger charge is 2.15. The van der Waals surface area contributed by atoms with Crippen molar-refractivity contribution >= 4 is 10.8 Å². The van der Waals surface area contributed by atoms with Crippen LogP contribution in [0, 0.1) is 0 Å². The predicted octanol–water partition coefficient (Wildman–Crippen LogP) is 5.39. The summed E-state index contributed by atoms with van der Waals surface area (Å²) in [5.41, 5.74) is 5.87. The van der Waals surface area contributed by atoms with Crippen molar-refractivity contribution in [3.05, 3.63) is 71.8 Å². The highest BCUT2D eigenvalue weighted by Crippen LogP contribution is 2.36. The standard InChI is InChI=1S/C20H18/c1-2-8-15(9-3-1)20-14-16-10-4-5-11-17(16)18-12-6-7-13-19(18)20/h1-3,6-9,12-14H,4-5,10-11H2. The topological polar surface area (TPSA) is 0 Å². The summed E-state index contributed by atoms with van der Waals surface area (Å²) in [6.45, 7) is 0. The smallest absolute Gasteiger partial charge is 0.0102 e. The Hall–Kier alpha value is -2.08. The van der Waals surface area contributed by atoms with E-state index in [1.807, 2.05) is 0 Å². The summed E-state index contributed by atoms with van der Waals surface area (Å²) in [6.07, 6.45) is 5.15. The van der Waals surface area contributed by atoms with Crippen LogP contribution in [0.4, 0.5) is 0 Å². The summed E-state index contributed by atoms with van der Waals surface area (Å²) in [6, 6.07) is 22.1. The highest BCUT2D eigenvalue weighted by atomic mass is 14.2. The molecule has 4 rings (SSSR count). The van der Waals surface area contributed by atoms with E-state index in [-0.39, 0.29) is 0 Å². The van der Waals surface area contributed by atoms with Crippen molar-refractivity contribution in [1.29, 1.82) is 0 Å². The van der Waals surface area contributed by atoms with Crippen LogP contribution >= 0.6 is 0 Å². The summed E-state index contributed by atoms with van der Waals surface area (Å²) < 4.78 is 0. The molecule has 0 heteroatoms. The molecule has 20 heavy (non-hydrogen) atoms. The van der Waals surface area contributed by atoms with Gasteiger partial charge in [0.05, 0.1) is 0 Å². The van der Waals surface area contributed by atoms with Crippen molar-refractivity contribution < 1.29 is 0 Å². The Morgan fingerprint density at radius 1 is 0.650 bits per heavy atom. The lowest BCUT2D eigenvalue weighted by atomic mass is 9.84. The molecule has 1 aliphatic rings. The van der Waals surface area contributed by atoms with E-state index < -0.39 is 0 Å². The second-order valence-electron chi connectivity index (χ2n) is 5.68. The molecule has 0 bridgehead atoms. The van der Waals surface area contributed by atoms with Crippen LogP contribution in [0.15, 0.2) is 60.7 Å². The molecule has 3 aromatic rings. The SMILES string of the molecule is c1ccc(-c2cc3c(c4ccccc24)CCCC3)cc1. The van der Waals surface area contributed by atoms with Crippen LogP contribution < -0.4 is 0 Å². The third-order valence-corrected chi connectivity index (χ3v) is 4.46. The van der Waals surface area contributed by atoms with Crippen LogP contribution in [0.1, 0.15) is 24.0 Å². The molecule has 0 unspecified atom stereocenters. The third kappa shape index (κ3) is 1.84. The van der Waals surface area contributed by atoms with Gasteiger partial charge in [0.2, 0.25) is 0 Å². The molecule has 0 saturated carbocycles. The van der Waals surface area contributed by atoms with Gasteiger partial charge >= 0.3 is 0 Å². The second kappa shape index (κ2) is 4.79. The molecule has 0 aliphatic heterocycles. The summed E-state index contributed by atoms with van der Waals surface area (Å²) in [5, 5.41) is 2.86. The maximum absolute atomic E-state index is 2.44. The lowest BCUT2D eigenvalue weighted by Crippen LogP contribution is -2.04. The molecule has 0 N–H and O–H groups in total. The molecule has 0 aromatic heterocycles. The number of benzene rings is 3. The lowest BCUT2D eigenvalue weighted by molar-refractivity contribution is 0.690. The van der Waals surface area contributed by atoms with E-state index in [1.54, 1.807) is 11.1 Å². The first-order valence-electron chi connectivity index (χ1n) is 7.52. The van der Waals surface area contributed by atoms with Gasteiger partial charge in [-0.3, -0.25) is 0 Å². The number of rotatable bonds is 1. The van der Waals surface area contributed by atoms with Crippen LogP contribution in [-0.4, -0.2) is 0 Å². The molecular weight excluding hydrogens is 240 g/mol. The Bertz CT molecular complexity index is 754. The van der Waals surface area contributed by atoms with Crippen molar-refractivity contribution in [1.82, 2.24) is 0 Å². The lowest BCUT2D eigenvalue weighted by Gasteiger charge is -2.20. The number of aryl methyl sites for hydroxylation is 2. The van der Waals surface area contributed by atoms with Crippen LogP contribution in [0.5, 0.6) is 0 Å². The summed E-state index contributed by atoms with van der Waals surface area (Å²) in [5.74, 6) is 0. The Morgan fingerprint density at radius 2 is 1.35 bits per heavy atom. The fraction of sp³-hybridized carbons (Fsp3) is 0.200. The van der Waals surface area contributed by atoms with Crippen LogP contribution in [0.2, 0.25) is 0 Å². The highest BCUT2D eigenvalue weighted by molar-refractivity contribution is 5.99. The van der Waals surface area contributed by atoms with Crippen LogP contribution in [0.25, 0.3) is 21.9 Å². The Kier molecular flexibility index (Phi) is 2.81. The third-order valence-electron chi connectivity index (χ3n) is 4.46. The van der Waals surface area contributed by atoms with E-state index in [4.69, 9.17) is 0 Å². The first-order valence-corrected chi connectivity index (χ1v) is 7.52. The van der Waals surface area contributed by atoms with E-state index in [0.29, 0.717) is 0 Å². The Morgan fingerprint density at radius 3 is 2.20 bits per heavy atom. The molecule has 3 aromatic carbocycles. The molecule has 98 valence electrons. The van der Waals surface area contributed by atoms with E-state index in [9.17, 15) is 0 Å². The number of hydrogen-bond acceptors (Lipinski definition) is 0. The van der Waals surface area contributed by atoms with Gasteiger partial charge in [-0.1, -0.05) is 60.7 Å². The molecule has 0 amide bonds. The Balaban J connectivity index is 2.06. The fourth-order valence-electron chi connectivity index (χ4n) is 3.49. The largest absolute Gasteiger partial charge is 0.0622 e. The predicted molar refractivity (Wildman–Crippen MR) is 86.0 cm³/mol. The van der Waals surface area contributed by atoms with Gasteiger partial charge in [-0.15, -0.1) is 0 Å². The average molecular weight is 258 g/mol. The van der Waals surface area contributed by atoms with Crippen LogP contribution in [0.3, 0.4) is 0 Å². The number of hydrogen-bond donors (Lipinski definition) is 0. The van der Waals surface area contributed by atoms with Gasteiger partial charge in [-0.05, 0) is 58.7 Å². The minimum absolute atomic E-state index is 1.24. The van der Waals surface area contributed by atoms with Crippen molar-refractivity contribution in [3.63, 3.8) is 0 Å².